The number of hydrogen-bond acceptors (Lipinski definition) is 5. The molecule has 0 aromatic heterocycles. The average Bonchev–Trinajstić information content (AvgIpc) is 2.64. The Labute approximate surface area is 122 Å². The summed E-state index contributed by atoms with van der Waals surface area (Å²) < 4.78 is 5.94. The van der Waals surface area contributed by atoms with Crippen LogP contribution in [0.15, 0.2) is 21.5 Å². The minimum absolute atomic E-state index is 0.0344. The highest BCUT2D eigenvalue weighted by Crippen LogP contribution is 2.35. The SMILES string of the molecule is CCOc1cc(C=C2SC(=N)NC2=O)c(Br)cc1O. The van der Waals surface area contributed by atoms with Gasteiger partial charge in [-0.15, -0.1) is 0 Å². The number of amidine groups is 1. The molecule has 1 aromatic rings. The van der Waals surface area contributed by atoms with Crippen molar-refractivity contribution < 1.29 is 14.6 Å². The average molecular weight is 343 g/mol. The Bertz CT molecular complexity index is 587. The van der Waals surface area contributed by atoms with Crippen LogP contribution in [0.5, 0.6) is 11.5 Å². The van der Waals surface area contributed by atoms with E-state index in [1.807, 2.05) is 6.92 Å². The lowest BCUT2D eigenvalue weighted by molar-refractivity contribution is -0.115. The Morgan fingerprint density at radius 2 is 2.32 bits per heavy atom. The van der Waals surface area contributed by atoms with Gasteiger partial charge in [-0.25, -0.2) is 0 Å². The second-order valence-electron chi connectivity index (χ2n) is 3.67. The Kier molecular flexibility index (Phi) is 4.16. The molecule has 0 bridgehead atoms. The quantitative estimate of drug-likeness (QED) is 0.737. The zero-order chi connectivity index (χ0) is 14.0. The maximum atomic E-state index is 11.5. The molecule has 1 aromatic carbocycles. The molecule has 2 rings (SSSR count). The number of phenolic OH excluding ortho intramolecular Hbond substituents is 1. The predicted molar refractivity (Wildman–Crippen MR) is 78.4 cm³/mol. The molecule has 1 heterocycles. The predicted octanol–water partition coefficient (Wildman–Crippen LogP) is 2.69. The van der Waals surface area contributed by atoms with Crippen LogP contribution in [0.1, 0.15) is 12.5 Å². The molecule has 1 aliphatic heterocycles. The van der Waals surface area contributed by atoms with Crippen LogP contribution in [-0.4, -0.2) is 22.8 Å². The smallest absolute Gasteiger partial charge is 0.264 e. The third-order valence-corrected chi connectivity index (χ3v) is 3.84. The Hall–Kier alpha value is -1.47. The van der Waals surface area contributed by atoms with E-state index in [0.29, 0.717) is 27.3 Å². The van der Waals surface area contributed by atoms with E-state index in [-0.39, 0.29) is 16.8 Å². The summed E-state index contributed by atoms with van der Waals surface area (Å²) in [5, 5.41) is 19.6. The molecule has 0 radical (unpaired) electrons. The summed E-state index contributed by atoms with van der Waals surface area (Å²) in [6, 6.07) is 3.16. The highest BCUT2D eigenvalue weighted by atomic mass is 79.9. The lowest BCUT2D eigenvalue weighted by Gasteiger charge is -2.08. The number of ether oxygens (including phenoxy) is 1. The number of carbonyl (C=O) groups excluding carboxylic acids is 1. The molecule has 0 atom stereocenters. The van der Waals surface area contributed by atoms with Crippen molar-refractivity contribution >= 4 is 44.8 Å². The highest BCUT2D eigenvalue weighted by Gasteiger charge is 2.22. The molecule has 5 nitrogen and oxygen atoms in total. The highest BCUT2D eigenvalue weighted by molar-refractivity contribution is 9.10. The Balaban J connectivity index is 2.39. The summed E-state index contributed by atoms with van der Waals surface area (Å²) in [5.74, 6) is 0.0936. The van der Waals surface area contributed by atoms with E-state index in [4.69, 9.17) is 10.1 Å². The third-order valence-electron chi connectivity index (χ3n) is 2.33. The minimum atomic E-state index is -0.298. The van der Waals surface area contributed by atoms with Crippen molar-refractivity contribution in [3.05, 3.63) is 27.1 Å². The number of thioether (sulfide) groups is 1. The number of aromatic hydroxyl groups is 1. The molecular formula is C12H11BrN2O3S. The van der Waals surface area contributed by atoms with Gasteiger partial charge in [-0.3, -0.25) is 10.2 Å². The van der Waals surface area contributed by atoms with Gasteiger partial charge in [-0.1, -0.05) is 15.9 Å². The number of nitrogens with one attached hydrogen (secondary N) is 2. The van der Waals surface area contributed by atoms with Crippen LogP contribution in [0.25, 0.3) is 6.08 Å². The van der Waals surface area contributed by atoms with E-state index in [1.54, 1.807) is 12.1 Å². The molecule has 100 valence electrons. The number of hydrogen-bond donors (Lipinski definition) is 3. The first-order chi connectivity index (χ1) is 9.01. The first-order valence-corrected chi connectivity index (χ1v) is 7.07. The summed E-state index contributed by atoms with van der Waals surface area (Å²) in [6.45, 7) is 2.26. The Morgan fingerprint density at radius 1 is 1.58 bits per heavy atom. The van der Waals surface area contributed by atoms with Crippen molar-refractivity contribution in [3.63, 3.8) is 0 Å². The van der Waals surface area contributed by atoms with E-state index in [1.165, 1.54) is 6.07 Å². The van der Waals surface area contributed by atoms with Crippen molar-refractivity contribution in [3.8, 4) is 11.5 Å². The molecule has 3 N–H and O–H groups in total. The van der Waals surface area contributed by atoms with Crippen molar-refractivity contribution in [1.29, 1.82) is 5.41 Å². The summed E-state index contributed by atoms with van der Waals surface area (Å²) in [5.41, 5.74) is 0.702. The zero-order valence-electron chi connectivity index (χ0n) is 9.99. The first-order valence-electron chi connectivity index (χ1n) is 5.46. The van der Waals surface area contributed by atoms with Crippen molar-refractivity contribution in [2.75, 3.05) is 6.61 Å². The third kappa shape index (κ3) is 3.10. The normalized spacial score (nSPS) is 16.8. The van der Waals surface area contributed by atoms with E-state index >= 15 is 0 Å². The summed E-state index contributed by atoms with van der Waals surface area (Å²) in [4.78, 5) is 12.0. The molecule has 1 fully saturated rings. The van der Waals surface area contributed by atoms with Crippen LogP contribution in [0.2, 0.25) is 0 Å². The summed E-state index contributed by atoms with van der Waals surface area (Å²) in [7, 11) is 0. The fourth-order valence-electron chi connectivity index (χ4n) is 1.52. The number of carbonyl (C=O) groups is 1. The number of rotatable bonds is 3. The summed E-state index contributed by atoms with van der Waals surface area (Å²) in [6.07, 6.45) is 1.65. The molecule has 1 amide bonds. The second kappa shape index (κ2) is 5.66. The molecule has 1 aliphatic rings. The monoisotopic (exact) mass is 342 g/mol. The summed E-state index contributed by atoms with van der Waals surface area (Å²) >= 11 is 4.38. The van der Waals surface area contributed by atoms with Crippen molar-refractivity contribution in [1.82, 2.24) is 5.32 Å². The van der Waals surface area contributed by atoms with Gasteiger partial charge in [0.2, 0.25) is 0 Å². The van der Waals surface area contributed by atoms with E-state index < -0.39 is 0 Å². The van der Waals surface area contributed by atoms with Gasteiger partial charge in [0, 0.05) is 4.47 Å². The molecular weight excluding hydrogens is 332 g/mol. The van der Waals surface area contributed by atoms with Gasteiger partial charge in [-0.05, 0) is 42.5 Å². The molecule has 0 saturated carbocycles. The van der Waals surface area contributed by atoms with Crippen LogP contribution in [0, 0.1) is 5.41 Å². The lowest BCUT2D eigenvalue weighted by Crippen LogP contribution is -2.18. The van der Waals surface area contributed by atoms with E-state index in [0.717, 1.165) is 11.8 Å². The number of amides is 1. The van der Waals surface area contributed by atoms with Crippen LogP contribution >= 0.6 is 27.7 Å². The largest absolute Gasteiger partial charge is 0.504 e. The maximum Gasteiger partial charge on any atom is 0.264 e. The fraction of sp³-hybridized carbons (Fsp3) is 0.167. The Morgan fingerprint density at radius 3 is 2.89 bits per heavy atom. The molecule has 1 saturated heterocycles. The van der Waals surface area contributed by atoms with Gasteiger partial charge in [0.15, 0.2) is 16.7 Å². The minimum Gasteiger partial charge on any atom is -0.504 e. The van der Waals surface area contributed by atoms with Gasteiger partial charge in [-0.2, -0.15) is 0 Å². The maximum absolute atomic E-state index is 11.5. The topological polar surface area (TPSA) is 82.4 Å². The fourth-order valence-corrected chi connectivity index (χ4v) is 2.66. The van der Waals surface area contributed by atoms with Gasteiger partial charge in [0.05, 0.1) is 11.5 Å². The van der Waals surface area contributed by atoms with Crippen LogP contribution in [-0.2, 0) is 4.79 Å². The number of halogens is 1. The van der Waals surface area contributed by atoms with Crippen LogP contribution in [0.3, 0.4) is 0 Å². The van der Waals surface area contributed by atoms with E-state index in [2.05, 4.69) is 21.2 Å². The van der Waals surface area contributed by atoms with Crippen molar-refractivity contribution in [2.24, 2.45) is 0 Å². The molecule has 0 unspecified atom stereocenters. The zero-order valence-corrected chi connectivity index (χ0v) is 12.4. The molecule has 19 heavy (non-hydrogen) atoms. The first kappa shape index (κ1) is 14.0. The number of phenols is 1. The molecule has 7 heteroatoms. The van der Waals surface area contributed by atoms with Gasteiger partial charge < -0.3 is 15.2 Å². The second-order valence-corrected chi connectivity index (χ2v) is 5.57. The standard InChI is InChI=1S/C12H11BrN2O3S/c1-2-18-9-3-6(7(13)5-8(9)16)4-10-11(17)15-12(14)19-10/h3-5,16H,2H2,1H3,(H2,14,15,17). The van der Waals surface area contributed by atoms with Crippen LogP contribution < -0.4 is 10.1 Å². The van der Waals surface area contributed by atoms with Gasteiger partial charge in [0.1, 0.15) is 0 Å². The molecule has 0 aliphatic carbocycles. The van der Waals surface area contributed by atoms with Gasteiger partial charge >= 0.3 is 0 Å². The van der Waals surface area contributed by atoms with Crippen LogP contribution in [0.4, 0.5) is 0 Å². The van der Waals surface area contributed by atoms with Crippen molar-refractivity contribution in [2.45, 2.75) is 6.92 Å². The van der Waals surface area contributed by atoms with E-state index in [9.17, 15) is 9.90 Å². The van der Waals surface area contributed by atoms with Gasteiger partial charge in [0.25, 0.3) is 5.91 Å². The molecule has 0 spiro atoms. The number of benzene rings is 1. The lowest BCUT2D eigenvalue weighted by atomic mass is 10.2.